The van der Waals surface area contributed by atoms with Crippen LogP contribution in [0.3, 0.4) is 0 Å². The van der Waals surface area contributed by atoms with Gasteiger partial charge in [-0.1, -0.05) is 6.92 Å². The largest absolute Gasteiger partial charge is 0.457 e. The standard InChI is InChI=1S/C21H17N5O4/c1-2-20(27)19-12-16(9-10-22-19)30-15-7-8-17-18(11-15)25-21(24-17)23-13-3-5-14(6-4-13)26(28)29/h3-12H,2H2,1H3,(H2,23,24,25). The van der Waals surface area contributed by atoms with Gasteiger partial charge < -0.3 is 15.0 Å². The molecule has 0 amide bonds. The Morgan fingerprint density at radius 3 is 2.63 bits per heavy atom. The smallest absolute Gasteiger partial charge is 0.269 e. The number of H-pyrrole nitrogens is 1. The topological polar surface area (TPSA) is 123 Å². The summed E-state index contributed by atoms with van der Waals surface area (Å²) >= 11 is 0. The summed E-state index contributed by atoms with van der Waals surface area (Å²) < 4.78 is 5.86. The number of benzene rings is 2. The molecule has 4 rings (SSSR count). The summed E-state index contributed by atoms with van der Waals surface area (Å²) in [7, 11) is 0. The molecule has 0 aliphatic heterocycles. The summed E-state index contributed by atoms with van der Waals surface area (Å²) in [6.45, 7) is 1.78. The molecule has 0 saturated heterocycles. The van der Waals surface area contributed by atoms with Gasteiger partial charge in [-0.25, -0.2) is 4.98 Å². The van der Waals surface area contributed by atoms with E-state index in [-0.39, 0.29) is 11.5 Å². The van der Waals surface area contributed by atoms with Gasteiger partial charge in [-0.15, -0.1) is 0 Å². The fourth-order valence-corrected chi connectivity index (χ4v) is 2.86. The minimum Gasteiger partial charge on any atom is -0.457 e. The quantitative estimate of drug-likeness (QED) is 0.253. The number of nitrogens with one attached hydrogen (secondary N) is 2. The number of fused-ring (bicyclic) bond motifs is 1. The van der Waals surface area contributed by atoms with Crippen molar-refractivity contribution in [2.45, 2.75) is 13.3 Å². The molecule has 0 aliphatic carbocycles. The number of nitro benzene ring substituents is 1. The Hall–Kier alpha value is -4.27. The van der Waals surface area contributed by atoms with Crippen molar-refractivity contribution in [3.8, 4) is 11.5 Å². The number of aromatic amines is 1. The normalized spacial score (nSPS) is 10.7. The number of anilines is 2. The lowest BCUT2D eigenvalue weighted by Crippen LogP contribution is -2.00. The van der Waals surface area contributed by atoms with Crippen LogP contribution in [0.15, 0.2) is 60.8 Å². The minimum absolute atomic E-state index is 0.0202. The van der Waals surface area contributed by atoms with Crippen LogP contribution in [0.25, 0.3) is 11.0 Å². The Morgan fingerprint density at radius 1 is 1.13 bits per heavy atom. The van der Waals surface area contributed by atoms with Crippen LogP contribution in [-0.4, -0.2) is 25.7 Å². The van der Waals surface area contributed by atoms with Crippen LogP contribution in [0.5, 0.6) is 11.5 Å². The monoisotopic (exact) mass is 403 g/mol. The van der Waals surface area contributed by atoms with Crippen LogP contribution >= 0.6 is 0 Å². The molecular weight excluding hydrogens is 386 g/mol. The third-order valence-electron chi connectivity index (χ3n) is 4.37. The number of hydrogen-bond acceptors (Lipinski definition) is 7. The maximum atomic E-state index is 11.8. The second-order valence-electron chi connectivity index (χ2n) is 6.45. The molecule has 0 radical (unpaired) electrons. The van der Waals surface area contributed by atoms with E-state index in [1.54, 1.807) is 49.5 Å². The Balaban J connectivity index is 1.52. The summed E-state index contributed by atoms with van der Waals surface area (Å²) in [5.74, 6) is 1.54. The van der Waals surface area contributed by atoms with Crippen LogP contribution in [-0.2, 0) is 0 Å². The van der Waals surface area contributed by atoms with E-state index in [0.717, 1.165) is 11.0 Å². The van der Waals surface area contributed by atoms with E-state index in [2.05, 4.69) is 20.3 Å². The number of nitrogens with zero attached hydrogens (tertiary/aromatic N) is 3. The molecule has 0 atom stereocenters. The van der Waals surface area contributed by atoms with Gasteiger partial charge in [0.25, 0.3) is 5.69 Å². The molecule has 2 aromatic heterocycles. The van der Waals surface area contributed by atoms with Crippen LogP contribution in [0.2, 0.25) is 0 Å². The summed E-state index contributed by atoms with van der Waals surface area (Å²) in [6.07, 6.45) is 1.92. The third-order valence-corrected chi connectivity index (χ3v) is 4.37. The molecule has 9 nitrogen and oxygen atoms in total. The zero-order chi connectivity index (χ0) is 21.1. The predicted octanol–water partition coefficient (Wildman–Crippen LogP) is 4.99. The van der Waals surface area contributed by atoms with E-state index >= 15 is 0 Å². The molecule has 30 heavy (non-hydrogen) atoms. The molecular formula is C21H17N5O4. The highest BCUT2D eigenvalue weighted by Crippen LogP contribution is 2.27. The van der Waals surface area contributed by atoms with E-state index in [1.807, 2.05) is 6.07 Å². The average molecular weight is 403 g/mol. The number of pyridine rings is 1. The van der Waals surface area contributed by atoms with Crippen LogP contribution in [0.1, 0.15) is 23.8 Å². The zero-order valence-electron chi connectivity index (χ0n) is 16.0. The number of non-ortho nitro benzene ring substituents is 1. The number of carbonyl (C=O) groups excluding carboxylic acids is 1. The van der Waals surface area contributed by atoms with Gasteiger partial charge in [-0.3, -0.25) is 19.9 Å². The Bertz CT molecular complexity index is 1230. The number of nitro groups is 1. The maximum absolute atomic E-state index is 11.8. The summed E-state index contributed by atoms with van der Waals surface area (Å²) in [6, 6.07) is 14.7. The first-order valence-electron chi connectivity index (χ1n) is 9.20. The number of hydrogen-bond donors (Lipinski definition) is 2. The Kier molecular flexibility index (Phi) is 5.08. The average Bonchev–Trinajstić information content (AvgIpc) is 3.15. The van der Waals surface area contributed by atoms with Crippen molar-refractivity contribution in [2.24, 2.45) is 0 Å². The highest BCUT2D eigenvalue weighted by atomic mass is 16.6. The first kappa shape index (κ1) is 19.1. The summed E-state index contributed by atoms with van der Waals surface area (Å²) in [5.41, 5.74) is 2.53. The van der Waals surface area contributed by atoms with Crippen LogP contribution < -0.4 is 10.1 Å². The van der Waals surface area contributed by atoms with Crippen molar-refractivity contribution < 1.29 is 14.5 Å². The van der Waals surface area contributed by atoms with E-state index in [0.29, 0.717) is 35.2 Å². The fourth-order valence-electron chi connectivity index (χ4n) is 2.86. The van der Waals surface area contributed by atoms with Gasteiger partial charge in [-0.2, -0.15) is 0 Å². The highest BCUT2D eigenvalue weighted by molar-refractivity contribution is 5.94. The summed E-state index contributed by atoms with van der Waals surface area (Å²) in [4.78, 5) is 33.8. The maximum Gasteiger partial charge on any atom is 0.269 e. The number of aromatic nitrogens is 3. The van der Waals surface area contributed by atoms with E-state index < -0.39 is 4.92 Å². The Morgan fingerprint density at radius 2 is 1.90 bits per heavy atom. The van der Waals surface area contributed by atoms with Gasteiger partial charge in [0.15, 0.2) is 5.78 Å². The number of rotatable bonds is 7. The molecule has 0 aliphatic rings. The first-order valence-corrected chi connectivity index (χ1v) is 9.20. The van der Waals surface area contributed by atoms with E-state index in [4.69, 9.17) is 4.74 Å². The van der Waals surface area contributed by atoms with Gasteiger partial charge >= 0.3 is 0 Å². The number of ether oxygens (including phenoxy) is 1. The number of carbonyl (C=O) groups is 1. The molecule has 0 bridgehead atoms. The van der Waals surface area contributed by atoms with Crippen molar-refractivity contribution >= 4 is 34.1 Å². The SMILES string of the molecule is CCC(=O)c1cc(Oc2ccc3nc(Nc4ccc([N+](=O)[O-])cc4)[nH]c3c2)ccn1. The number of imidazole rings is 1. The highest BCUT2D eigenvalue weighted by Gasteiger charge is 2.09. The lowest BCUT2D eigenvalue weighted by molar-refractivity contribution is -0.384. The van der Waals surface area contributed by atoms with Crippen LogP contribution in [0.4, 0.5) is 17.3 Å². The molecule has 0 unspecified atom stereocenters. The molecule has 4 aromatic rings. The molecule has 0 spiro atoms. The fraction of sp³-hybridized carbons (Fsp3) is 0.0952. The van der Waals surface area contributed by atoms with Crippen molar-refractivity contribution in [1.29, 1.82) is 0 Å². The van der Waals surface area contributed by atoms with Gasteiger partial charge in [0.1, 0.15) is 17.2 Å². The molecule has 150 valence electrons. The number of ketones is 1. The molecule has 2 N–H and O–H groups in total. The van der Waals surface area contributed by atoms with Crippen molar-refractivity contribution in [1.82, 2.24) is 15.0 Å². The first-order chi connectivity index (χ1) is 14.5. The van der Waals surface area contributed by atoms with Crippen molar-refractivity contribution in [2.75, 3.05) is 5.32 Å². The molecule has 0 fully saturated rings. The van der Waals surface area contributed by atoms with Crippen LogP contribution in [0, 0.1) is 10.1 Å². The lowest BCUT2D eigenvalue weighted by Gasteiger charge is -2.06. The molecule has 2 aromatic carbocycles. The summed E-state index contributed by atoms with van der Waals surface area (Å²) in [5, 5.41) is 13.8. The second kappa shape index (κ2) is 8.00. The van der Waals surface area contributed by atoms with E-state index in [1.165, 1.54) is 12.1 Å². The lowest BCUT2D eigenvalue weighted by atomic mass is 10.2. The predicted molar refractivity (Wildman–Crippen MR) is 111 cm³/mol. The zero-order valence-corrected chi connectivity index (χ0v) is 16.0. The molecule has 9 heteroatoms. The van der Waals surface area contributed by atoms with Gasteiger partial charge in [0, 0.05) is 42.6 Å². The molecule has 2 heterocycles. The van der Waals surface area contributed by atoms with E-state index in [9.17, 15) is 14.9 Å². The van der Waals surface area contributed by atoms with Gasteiger partial charge in [-0.05, 0) is 30.3 Å². The van der Waals surface area contributed by atoms with Crippen molar-refractivity contribution in [3.05, 3.63) is 76.6 Å². The third kappa shape index (κ3) is 4.09. The van der Waals surface area contributed by atoms with Gasteiger partial charge in [0.2, 0.25) is 5.95 Å². The second-order valence-corrected chi connectivity index (χ2v) is 6.45. The molecule has 0 saturated carbocycles. The Labute approximate surface area is 170 Å². The van der Waals surface area contributed by atoms with Gasteiger partial charge in [0.05, 0.1) is 16.0 Å². The minimum atomic E-state index is -0.448. The van der Waals surface area contributed by atoms with Crippen molar-refractivity contribution in [3.63, 3.8) is 0 Å². The number of Topliss-reactive ketones (excluding diaryl/α,β-unsaturated/α-hetero) is 1.